The van der Waals surface area contributed by atoms with Crippen molar-refractivity contribution in [2.45, 2.75) is 12.6 Å². The van der Waals surface area contributed by atoms with Crippen LogP contribution in [0.1, 0.15) is 5.69 Å². The molecule has 0 radical (unpaired) electrons. The van der Waals surface area contributed by atoms with Gasteiger partial charge in [0.1, 0.15) is 0 Å². The lowest BCUT2D eigenvalue weighted by Crippen LogP contribution is -2.45. The van der Waals surface area contributed by atoms with E-state index in [9.17, 15) is 0 Å². The maximum Gasteiger partial charge on any atom is 0.0922 e. The molecule has 5 nitrogen and oxygen atoms in total. The molecule has 2 rings (SSSR count). The number of nitrogens with zero attached hydrogens (tertiary/aromatic N) is 2. The minimum Gasteiger partial charge on any atom is -0.374 e. The number of aromatic nitrogens is 2. The summed E-state index contributed by atoms with van der Waals surface area (Å²) < 4.78 is 5.64. The minimum absolute atomic E-state index is 0.312. The Morgan fingerprint density at radius 1 is 1.73 bits per heavy atom. The zero-order chi connectivity index (χ0) is 10.5. The highest BCUT2D eigenvalue weighted by Crippen LogP contribution is 2.07. The van der Waals surface area contributed by atoms with Gasteiger partial charge in [-0.2, -0.15) is 0 Å². The fourth-order valence-corrected chi connectivity index (χ4v) is 1.89. The number of imidazole rings is 1. The van der Waals surface area contributed by atoms with Crippen molar-refractivity contribution in [3.05, 3.63) is 18.2 Å². The Bertz CT molecular complexity index is 273. The van der Waals surface area contributed by atoms with Crippen LogP contribution in [0.25, 0.3) is 0 Å². The quantitative estimate of drug-likeness (QED) is 0.724. The van der Waals surface area contributed by atoms with Crippen LogP contribution in [0, 0.1) is 0 Å². The Labute approximate surface area is 89.8 Å². The fourth-order valence-electron chi connectivity index (χ4n) is 1.89. The molecule has 0 amide bonds. The predicted octanol–water partition coefficient (Wildman–Crippen LogP) is -0.170. The summed E-state index contributed by atoms with van der Waals surface area (Å²) in [7, 11) is 1.96. The molecule has 1 aromatic rings. The molecular weight excluding hydrogens is 192 g/mol. The second-order valence-corrected chi connectivity index (χ2v) is 3.86. The highest BCUT2D eigenvalue weighted by atomic mass is 16.5. The molecule has 2 heterocycles. The van der Waals surface area contributed by atoms with Crippen LogP contribution in [0.3, 0.4) is 0 Å². The number of rotatable bonds is 4. The lowest BCUT2D eigenvalue weighted by atomic mass is 10.2. The van der Waals surface area contributed by atoms with Crippen LogP contribution < -0.4 is 5.32 Å². The third-order valence-electron chi connectivity index (χ3n) is 2.60. The fraction of sp³-hybridized carbons (Fsp3) is 0.700. The molecular formula is C10H18N4O. The first-order chi connectivity index (χ1) is 7.38. The Kier molecular flexibility index (Phi) is 3.71. The van der Waals surface area contributed by atoms with Gasteiger partial charge in [-0.25, -0.2) is 4.98 Å². The summed E-state index contributed by atoms with van der Waals surface area (Å²) in [5, 5.41) is 3.15. The van der Waals surface area contributed by atoms with Crippen LogP contribution >= 0.6 is 0 Å². The molecule has 84 valence electrons. The van der Waals surface area contributed by atoms with Gasteiger partial charge in [-0.15, -0.1) is 0 Å². The van der Waals surface area contributed by atoms with E-state index in [2.05, 4.69) is 20.2 Å². The van der Waals surface area contributed by atoms with E-state index in [1.807, 2.05) is 13.2 Å². The third-order valence-corrected chi connectivity index (χ3v) is 2.60. The third kappa shape index (κ3) is 3.02. The lowest BCUT2D eigenvalue weighted by Gasteiger charge is -2.32. The number of hydrogen-bond acceptors (Lipinski definition) is 4. The van der Waals surface area contributed by atoms with Crippen molar-refractivity contribution in [1.82, 2.24) is 20.2 Å². The normalized spacial score (nSPS) is 23.1. The highest BCUT2D eigenvalue weighted by molar-refractivity contribution is 4.94. The summed E-state index contributed by atoms with van der Waals surface area (Å²) in [6, 6.07) is 0. The van der Waals surface area contributed by atoms with Gasteiger partial charge in [0, 0.05) is 38.1 Å². The van der Waals surface area contributed by atoms with Gasteiger partial charge in [-0.1, -0.05) is 0 Å². The summed E-state index contributed by atoms with van der Waals surface area (Å²) in [5.41, 5.74) is 1.17. The number of morpholine rings is 1. The van der Waals surface area contributed by atoms with Gasteiger partial charge in [0.25, 0.3) is 0 Å². The van der Waals surface area contributed by atoms with Gasteiger partial charge in [0.05, 0.1) is 19.0 Å². The molecule has 0 bridgehead atoms. The van der Waals surface area contributed by atoms with Gasteiger partial charge >= 0.3 is 0 Å². The molecule has 0 aliphatic carbocycles. The number of likely N-dealkylation sites (N-methyl/N-ethyl adjacent to an activating group) is 1. The van der Waals surface area contributed by atoms with E-state index >= 15 is 0 Å². The number of nitrogens with one attached hydrogen (secondary N) is 2. The monoisotopic (exact) mass is 210 g/mol. The Hall–Kier alpha value is -0.910. The molecule has 0 saturated carbocycles. The predicted molar refractivity (Wildman–Crippen MR) is 57.5 cm³/mol. The van der Waals surface area contributed by atoms with E-state index in [1.54, 1.807) is 6.33 Å². The average molecular weight is 210 g/mol. The molecule has 5 heteroatoms. The van der Waals surface area contributed by atoms with E-state index in [1.165, 1.54) is 5.69 Å². The van der Waals surface area contributed by atoms with Gasteiger partial charge in [0.2, 0.25) is 0 Å². The molecule has 1 atom stereocenters. The van der Waals surface area contributed by atoms with Crippen molar-refractivity contribution >= 4 is 0 Å². The molecule has 1 unspecified atom stereocenters. The molecule has 0 spiro atoms. The molecule has 0 aromatic carbocycles. The van der Waals surface area contributed by atoms with Crippen LogP contribution in [-0.2, 0) is 11.3 Å². The van der Waals surface area contributed by atoms with Crippen LogP contribution in [0.5, 0.6) is 0 Å². The van der Waals surface area contributed by atoms with E-state index in [0.29, 0.717) is 6.10 Å². The summed E-state index contributed by atoms with van der Waals surface area (Å²) >= 11 is 0. The topological polar surface area (TPSA) is 53.2 Å². The van der Waals surface area contributed by atoms with Gasteiger partial charge < -0.3 is 15.0 Å². The van der Waals surface area contributed by atoms with Crippen molar-refractivity contribution in [2.24, 2.45) is 0 Å². The van der Waals surface area contributed by atoms with Crippen LogP contribution in [-0.4, -0.2) is 54.3 Å². The van der Waals surface area contributed by atoms with E-state index in [-0.39, 0.29) is 0 Å². The molecule has 1 aromatic heterocycles. The summed E-state index contributed by atoms with van der Waals surface area (Å²) in [5.74, 6) is 0. The number of H-pyrrole nitrogens is 1. The Morgan fingerprint density at radius 3 is 3.40 bits per heavy atom. The number of hydrogen-bond donors (Lipinski definition) is 2. The van der Waals surface area contributed by atoms with Gasteiger partial charge in [-0.05, 0) is 7.05 Å². The molecule has 1 saturated heterocycles. The lowest BCUT2D eigenvalue weighted by molar-refractivity contribution is -0.0294. The van der Waals surface area contributed by atoms with Crippen molar-refractivity contribution in [2.75, 3.05) is 33.3 Å². The van der Waals surface area contributed by atoms with Gasteiger partial charge in [-0.3, -0.25) is 4.90 Å². The van der Waals surface area contributed by atoms with E-state index in [0.717, 1.165) is 32.8 Å². The maximum atomic E-state index is 5.64. The molecule has 1 aliphatic heterocycles. The number of aromatic amines is 1. The van der Waals surface area contributed by atoms with Crippen LogP contribution in [0.4, 0.5) is 0 Å². The van der Waals surface area contributed by atoms with Crippen molar-refractivity contribution in [3.63, 3.8) is 0 Å². The second-order valence-electron chi connectivity index (χ2n) is 3.86. The first-order valence-corrected chi connectivity index (χ1v) is 5.34. The van der Waals surface area contributed by atoms with E-state index in [4.69, 9.17) is 4.74 Å². The smallest absolute Gasteiger partial charge is 0.0922 e. The second kappa shape index (κ2) is 5.25. The standard InChI is InChI=1S/C10H18N4O/c1-11-5-10-7-14(2-3-15-10)6-9-4-12-8-13-9/h4,8,10-11H,2-3,5-7H2,1H3,(H,12,13). The molecule has 1 aliphatic rings. The minimum atomic E-state index is 0.312. The first-order valence-electron chi connectivity index (χ1n) is 5.34. The Morgan fingerprint density at radius 2 is 2.67 bits per heavy atom. The summed E-state index contributed by atoms with van der Waals surface area (Å²) in [6.07, 6.45) is 3.91. The number of ether oxygens (including phenoxy) is 1. The van der Waals surface area contributed by atoms with Crippen molar-refractivity contribution in [3.8, 4) is 0 Å². The van der Waals surface area contributed by atoms with Crippen LogP contribution in [0.2, 0.25) is 0 Å². The van der Waals surface area contributed by atoms with Crippen molar-refractivity contribution < 1.29 is 4.74 Å². The highest BCUT2D eigenvalue weighted by Gasteiger charge is 2.19. The summed E-state index contributed by atoms with van der Waals surface area (Å²) in [6.45, 7) is 4.66. The SMILES string of the molecule is CNCC1CN(Cc2cnc[nH]2)CCO1. The largest absolute Gasteiger partial charge is 0.374 e. The van der Waals surface area contributed by atoms with E-state index < -0.39 is 0 Å². The molecule has 1 fully saturated rings. The molecule has 15 heavy (non-hydrogen) atoms. The van der Waals surface area contributed by atoms with Crippen LogP contribution in [0.15, 0.2) is 12.5 Å². The Balaban J connectivity index is 1.82. The zero-order valence-corrected chi connectivity index (χ0v) is 9.07. The maximum absolute atomic E-state index is 5.64. The summed E-state index contributed by atoms with van der Waals surface area (Å²) in [4.78, 5) is 9.53. The first kappa shape index (κ1) is 10.6. The average Bonchev–Trinajstić information content (AvgIpc) is 2.71. The van der Waals surface area contributed by atoms with Crippen molar-refractivity contribution in [1.29, 1.82) is 0 Å². The molecule has 2 N–H and O–H groups in total. The zero-order valence-electron chi connectivity index (χ0n) is 9.07. The van der Waals surface area contributed by atoms with Gasteiger partial charge in [0.15, 0.2) is 0 Å².